The summed E-state index contributed by atoms with van der Waals surface area (Å²) in [6, 6.07) is 59.7. The van der Waals surface area contributed by atoms with Gasteiger partial charge in [0.05, 0.1) is 11.4 Å². The third kappa shape index (κ3) is 3.92. The summed E-state index contributed by atoms with van der Waals surface area (Å²) in [5, 5.41) is 10.2. The Kier molecular flexibility index (Phi) is 5.75. The van der Waals surface area contributed by atoms with E-state index in [1.165, 1.54) is 75.0 Å². The highest BCUT2D eigenvalue weighted by Gasteiger charge is 2.20. The van der Waals surface area contributed by atoms with Gasteiger partial charge in [-0.25, -0.2) is 0 Å². The smallest absolute Gasteiger partial charge is 0.0555 e. The Balaban J connectivity index is 1.33. The third-order valence-electron chi connectivity index (χ3n) is 8.86. The van der Waals surface area contributed by atoms with E-state index >= 15 is 0 Å². The number of benzene rings is 8. The minimum Gasteiger partial charge on any atom is -0.309 e. The van der Waals surface area contributed by atoms with E-state index in [-0.39, 0.29) is 0 Å². The van der Waals surface area contributed by atoms with E-state index in [0.717, 1.165) is 5.69 Å². The van der Waals surface area contributed by atoms with Crippen LogP contribution in [0.2, 0.25) is 0 Å². The fourth-order valence-electron chi connectivity index (χ4n) is 6.82. The van der Waals surface area contributed by atoms with E-state index < -0.39 is 0 Å². The summed E-state index contributed by atoms with van der Waals surface area (Å²) < 4.78 is 2.61. The molecule has 0 N–H and O–H groups in total. The quantitative estimate of drug-likeness (QED) is 0.188. The molecule has 44 heavy (non-hydrogen) atoms. The summed E-state index contributed by atoms with van der Waals surface area (Å²) in [5.41, 5.74) is 5.94. The van der Waals surface area contributed by atoms with Crippen LogP contribution < -0.4 is 4.90 Å². The molecule has 0 amide bonds. The summed E-state index contributed by atoms with van der Waals surface area (Å²) in [6.45, 7) is 0. The van der Waals surface area contributed by atoms with Gasteiger partial charge in [0, 0.05) is 31.2 Å². The summed E-state index contributed by atoms with van der Waals surface area (Å²) >= 11 is 1.86. The van der Waals surface area contributed by atoms with Crippen molar-refractivity contribution in [2.45, 2.75) is 0 Å². The van der Waals surface area contributed by atoms with Crippen LogP contribution in [0.3, 0.4) is 0 Å². The van der Waals surface area contributed by atoms with Crippen molar-refractivity contribution in [1.29, 1.82) is 0 Å². The van der Waals surface area contributed by atoms with Crippen molar-refractivity contribution >= 4 is 80.9 Å². The van der Waals surface area contributed by atoms with Gasteiger partial charge < -0.3 is 4.90 Å². The van der Waals surface area contributed by atoms with Crippen LogP contribution in [0.5, 0.6) is 0 Å². The molecule has 206 valence electrons. The molecule has 1 aromatic heterocycles. The van der Waals surface area contributed by atoms with Crippen LogP contribution in [-0.4, -0.2) is 0 Å². The maximum Gasteiger partial charge on any atom is 0.0555 e. The van der Waals surface area contributed by atoms with E-state index in [0.29, 0.717) is 0 Å². The molecule has 0 fully saturated rings. The Morgan fingerprint density at radius 2 is 0.932 bits per heavy atom. The number of thiophene rings is 1. The molecule has 0 atom stereocenters. The van der Waals surface area contributed by atoms with Gasteiger partial charge in [-0.15, -0.1) is 11.3 Å². The van der Waals surface area contributed by atoms with Gasteiger partial charge >= 0.3 is 0 Å². The van der Waals surface area contributed by atoms with Crippen LogP contribution in [0.1, 0.15) is 0 Å². The van der Waals surface area contributed by atoms with E-state index in [1.807, 2.05) is 11.3 Å². The van der Waals surface area contributed by atoms with Crippen molar-refractivity contribution in [2.24, 2.45) is 0 Å². The van der Waals surface area contributed by atoms with Gasteiger partial charge in [-0.3, -0.25) is 0 Å². The molecule has 2 heteroatoms. The lowest BCUT2D eigenvalue weighted by molar-refractivity contribution is 1.32. The summed E-state index contributed by atoms with van der Waals surface area (Å²) in [6.07, 6.45) is 0. The van der Waals surface area contributed by atoms with Crippen molar-refractivity contribution in [2.75, 3.05) is 4.90 Å². The molecule has 0 saturated heterocycles. The summed E-state index contributed by atoms with van der Waals surface area (Å²) in [5.74, 6) is 0. The first-order chi connectivity index (χ1) is 21.8. The number of nitrogens with zero attached hydrogens (tertiary/aromatic N) is 1. The van der Waals surface area contributed by atoms with Crippen molar-refractivity contribution in [1.82, 2.24) is 0 Å². The minimum atomic E-state index is 1.14. The Bertz CT molecular complexity index is 2490. The van der Waals surface area contributed by atoms with Crippen molar-refractivity contribution < 1.29 is 0 Å². The van der Waals surface area contributed by atoms with Crippen molar-refractivity contribution in [3.8, 4) is 11.1 Å². The van der Waals surface area contributed by atoms with Crippen LogP contribution >= 0.6 is 11.3 Å². The molecule has 9 rings (SSSR count). The average Bonchev–Trinajstić information content (AvgIpc) is 3.48. The number of anilines is 3. The second-order valence-electron chi connectivity index (χ2n) is 11.3. The molecule has 0 aliphatic carbocycles. The highest BCUT2D eigenvalue weighted by atomic mass is 32.1. The van der Waals surface area contributed by atoms with Crippen LogP contribution in [0.15, 0.2) is 164 Å². The van der Waals surface area contributed by atoms with Gasteiger partial charge in [0.25, 0.3) is 0 Å². The van der Waals surface area contributed by atoms with Gasteiger partial charge in [-0.05, 0) is 74.5 Å². The second kappa shape index (κ2) is 10.1. The highest BCUT2D eigenvalue weighted by Crippen LogP contribution is 2.47. The fourth-order valence-corrected chi connectivity index (χ4v) is 7.95. The predicted octanol–water partition coefficient (Wildman–Crippen LogP) is 12.7. The lowest BCUT2D eigenvalue weighted by Crippen LogP contribution is -2.11. The molecule has 0 radical (unpaired) electrons. The topological polar surface area (TPSA) is 3.24 Å². The van der Waals surface area contributed by atoms with Crippen LogP contribution in [0.25, 0.3) is 63.6 Å². The highest BCUT2D eigenvalue weighted by molar-refractivity contribution is 7.26. The summed E-state index contributed by atoms with van der Waals surface area (Å²) in [4.78, 5) is 2.46. The minimum absolute atomic E-state index is 1.14. The second-order valence-corrected chi connectivity index (χ2v) is 12.4. The van der Waals surface area contributed by atoms with Gasteiger partial charge in [0.1, 0.15) is 0 Å². The first kappa shape index (κ1) is 25.1. The Labute approximate surface area is 259 Å². The lowest BCUT2D eigenvalue weighted by atomic mass is 9.95. The fraction of sp³-hybridized carbons (Fsp3) is 0. The van der Waals surface area contributed by atoms with E-state index in [4.69, 9.17) is 0 Å². The van der Waals surface area contributed by atoms with Crippen molar-refractivity contribution in [3.63, 3.8) is 0 Å². The van der Waals surface area contributed by atoms with Gasteiger partial charge in [0.15, 0.2) is 0 Å². The normalized spacial score (nSPS) is 11.6. The zero-order valence-corrected chi connectivity index (χ0v) is 24.8. The first-order valence-corrected chi connectivity index (χ1v) is 15.8. The maximum atomic E-state index is 2.46. The van der Waals surface area contributed by atoms with Gasteiger partial charge in [-0.2, -0.15) is 0 Å². The predicted molar refractivity (Wildman–Crippen MR) is 192 cm³/mol. The largest absolute Gasteiger partial charge is 0.309 e. The molecule has 0 unspecified atom stereocenters. The monoisotopic (exact) mass is 577 g/mol. The molecule has 1 nitrogen and oxygen atoms in total. The molecule has 0 aliphatic heterocycles. The maximum absolute atomic E-state index is 2.46. The average molecular weight is 578 g/mol. The van der Waals surface area contributed by atoms with Gasteiger partial charge in [-0.1, -0.05) is 127 Å². The van der Waals surface area contributed by atoms with E-state index in [2.05, 4.69) is 169 Å². The van der Waals surface area contributed by atoms with Crippen LogP contribution in [-0.2, 0) is 0 Å². The third-order valence-corrected chi connectivity index (χ3v) is 9.99. The van der Waals surface area contributed by atoms with Crippen molar-refractivity contribution in [3.05, 3.63) is 164 Å². The molecule has 0 aliphatic rings. The molecule has 8 aromatic carbocycles. The van der Waals surface area contributed by atoms with Gasteiger partial charge in [0.2, 0.25) is 0 Å². The van der Waals surface area contributed by atoms with Crippen LogP contribution in [0.4, 0.5) is 17.1 Å². The number of hydrogen-bond acceptors (Lipinski definition) is 2. The summed E-state index contributed by atoms with van der Waals surface area (Å²) in [7, 11) is 0. The first-order valence-electron chi connectivity index (χ1n) is 15.0. The Hall–Kier alpha value is -5.44. The van der Waals surface area contributed by atoms with E-state index in [1.54, 1.807) is 0 Å². The zero-order chi connectivity index (χ0) is 29.0. The molecule has 0 saturated carbocycles. The molecular weight excluding hydrogens is 551 g/mol. The number of hydrogen-bond donors (Lipinski definition) is 0. The zero-order valence-electron chi connectivity index (χ0n) is 23.9. The lowest BCUT2D eigenvalue weighted by Gasteiger charge is -2.28. The molecule has 9 aromatic rings. The number of rotatable bonds is 4. The molecule has 1 heterocycles. The Morgan fingerprint density at radius 1 is 0.341 bits per heavy atom. The molecule has 0 bridgehead atoms. The standard InChI is InChI=1S/C42H27NS/c1-2-10-28(11-3-1)29-20-23-31(24-21-29)43(39-17-9-19-41-42(39)37-14-6-7-18-40(37)44-41)38-16-8-15-33-35-25-22-30-12-4-5-13-32(30)34(35)26-27-36(33)38/h1-27H. The van der Waals surface area contributed by atoms with Crippen LogP contribution in [0, 0.1) is 0 Å². The molecule has 0 spiro atoms. The SMILES string of the molecule is c1ccc(-c2ccc(N(c3cccc4c3ccc3c5ccccc5ccc43)c3cccc4sc5ccccc5c34)cc2)cc1. The molecular formula is C42H27NS. The van der Waals surface area contributed by atoms with E-state index in [9.17, 15) is 0 Å². The number of fused-ring (bicyclic) bond motifs is 8. The Morgan fingerprint density at radius 3 is 1.82 bits per heavy atom.